The Balaban J connectivity index is 2.76. The summed E-state index contributed by atoms with van der Waals surface area (Å²) in [5.74, 6) is 0. The molecule has 0 atom stereocenters. The van der Waals surface area contributed by atoms with Crippen LogP contribution in [0.3, 0.4) is 0 Å². The predicted molar refractivity (Wildman–Crippen MR) is 83.5 cm³/mol. The van der Waals surface area contributed by atoms with Gasteiger partial charge in [-0.25, -0.2) is 0 Å². The Bertz CT molecular complexity index is 435. The zero-order valence-electron chi connectivity index (χ0n) is 12.5. The third-order valence-corrected chi connectivity index (χ3v) is 2.88. The molecular weight excluding hydrogens is 256 g/mol. The van der Waals surface area contributed by atoms with E-state index in [2.05, 4.69) is 15.5 Å². The van der Waals surface area contributed by atoms with Crippen LogP contribution in [-0.4, -0.2) is 43.6 Å². The number of nitro benzene ring substituents is 1. The lowest BCUT2D eigenvalue weighted by Gasteiger charge is -2.13. The number of benzene rings is 1. The quantitative estimate of drug-likeness (QED) is 0.413. The van der Waals surface area contributed by atoms with E-state index in [1.807, 2.05) is 27.1 Å². The predicted octanol–water partition coefficient (Wildman–Crippen LogP) is 2.78. The highest BCUT2D eigenvalue weighted by atomic mass is 16.6. The number of hydrogen-bond donors (Lipinski definition) is 2. The Morgan fingerprint density at radius 2 is 1.80 bits per heavy atom. The van der Waals surface area contributed by atoms with Crippen molar-refractivity contribution in [1.82, 2.24) is 4.90 Å². The second-order valence-electron chi connectivity index (χ2n) is 4.97. The molecule has 1 rings (SSSR count). The van der Waals surface area contributed by atoms with Gasteiger partial charge in [-0.1, -0.05) is 13.0 Å². The third-order valence-electron chi connectivity index (χ3n) is 2.88. The standard InChI is InChI=1S/C14H24N4O2/c1-4-9-15-12-7-5-8-13(14(12)18(19)20)16-10-6-11-17(2)3/h5,7-8,15-16H,4,6,9-11H2,1-3H3. The first-order valence-corrected chi connectivity index (χ1v) is 6.96. The molecule has 0 saturated carbocycles. The van der Waals surface area contributed by atoms with Crippen LogP contribution in [0.2, 0.25) is 0 Å². The normalized spacial score (nSPS) is 10.6. The number of para-hydroxylation sites is 1. The molecule has 0 aliphatic rings. The molecule has 1 aromatic rings. The first-order valence-electron chi connectivity index (χ1n) is 6.96. The summed E-state index contributed by atoms with van der Waals surface area (Å²) in [6, 6.07) is 5.34. The minimum Gasteiger partial charge on any atom is -0.379 e. The highest BCUT2D eigenvalue weighted by molar-refractivity contribution is 5.76. The van der Waals surface area contributed by atoms with E-state index < -0.39 is 0 Å². The van der Waals surface area contributed by atoms with Crippen molar-refractivity contribution < 1.29 is 4.92 Å². The maximum absolute atomic E-state index is 11.3. The lowest BCUT2D eigenvalue weighted by Crippen LogP contribution is -2.16. The van der Waals surface area contributed by atoms with Crippen LogP contribution in [0.25, 0.3) is 0 Å². The van der Waals surface area contributed by atoms with Crippen LogP contribution in [0, 0.1) is 10.1 Å². The van der Waals surface area contributed by atoms with Gasteiger partial charge in [-0.05, 0) is 45.6 Å². The van der Waals surface area contributed by atoms with Gasteiger partial charge in [-0.15, -0.1) is 0 Å². The fourth-order valence-corrected chi connectivity index (χ4v) is 1.90. The number of rotatable bonds is 9. The smallest absolute Gasteiger partial charge is 0.315 e. The molecule has 0 unspecified atom stereocenters. The summed E-state index contributed by atoms with van der Waals surface area (Å²) in [5, 5.41) is 17.5. The number of nitrogens with one attached hydrogen (secondary N) is 2. The Morgan fingerprint density at radius 3 is 2.30 bits per heavy atom. The largest absolute Gasteiger partial charge is 0.379 e. The lowest BCUT2D eigenvalue weighted by molar-refractivity contribution is -0.383. The fraction of sp³-hybridized carbons (Fsp3) is 0.571. The zero-order chi connectivity index (χ0) is 15.0. The first kappa shape index (κ1) is 16.2. The van der Waals surface area contributed by atoms with E-state index in [0.29, 0.717) is 11.4 Å². The van der Waals surface area contributed by atoms with Crippen LogP contribution in [-0.2, 0) is 0 Å². The topological polar surface area (TPSA) is 70.4 Å². The molecule has 0 aliphatic heterocycles. The Morgan fingerprint density at radius 1 is 1.20 bits per heavy atom. The minimum absolute atomic E-state index is 0.130. The van der Waals surface area contributed by atoms with Gasteiger partial charge in [-0.2, -0.15) is 0 Å². The van der Waals surface area contributed by atoms with E-state index in [1.165, 1.54) is 0 Å². The molecule has 0 amide bonds. The van der Waals surface area contributed by atoms with Gasteiger partial charge in [0.2, 0.25) is 0 Å². The van der Waals surface area contributed by atoms with Crippen molar-refractivity contribution in [2.45, 2.75) is 19.8 Å². The van der Waals surface area contributed by atoms with Crippen molar-refractivity contribution in [3.63, 3.8) is 0 Å². The summed E-state index contributed by atoms with van der Waals surface area (Å²) in [7, 11) is 4.02. The molecule has 20 heavy (non-hydrogen) atoms. The highest BCUT2D eigenvalue weighted by Gasteiger charge is 2.18. The number of hydrogen-bond acceptors (Lipinski definition) is 5. The number of anilines is 2. The summed E-state index contributed by atoms with van der Waals surface area (Å²) < 4.78 is 0. The van der Waals surface area contributed by atoms with Crippen molar-refractivity contribution in [3.8, 4) is 0 Å². The fourth-order valence-electron chi connectivity index (χ4n) is 1.90. The maximum Gasteiger partial charge on any atom is 0.315 e. The monoisotopic (exact) mass is 280 g/mol. The van der Waals surface area contributed by atoms with Crippen molar-refractivity contribution in [2.24, 2.45) is 0 Å². The van der Waals surface area contributed by atoms with Gasteiger partial charge in [0, 0.05) is 13.1 Å². The molecule has 112 valence electrons. The molecule has 2 N–H and O–H groups in total. The maximum atomic E-state index is 11.3. The van der Waals surface area contributed by atoms with Gasteiger partial charge in [0.15, 0.2) is 0 Å². The van der Waals surface area contributed by atoms with Crippen LogP contribution < -0.4 is 10.6 Å². The molecule has 0 bridgehead atoms. The van der Waals surface area contributed by atoms with E-state index in [1.54, 1.807) is 12.1 Å². The summed E-state index contributed by atoms with van der Waals surface area (Å²) in [6.45, 7) is 4.43. The van der Waals surface area contributed by atoms with Gasteiger partial charge in [0.1, 0.15) is 11.4 Å². The van der Waals surface area contributed by atoms with E-state index in [-0.39, 0.29) is 10.6 Å². The summed E-state index contributed by atoms with van der Waals surface area (Å²) in [6.07, 6.45) is 1.87. The molecule has 0 fully saturated rings. The molecule has 6 nitrogen and oxygen atoms in total. The Labute approximate surface area is 120 Å². The minimum atomic E-state index is -0.327. The number of nitro groups is 1. The van der Waals surface area contributed by atoms with Crippen LogP contribution in [0.15, 0.2) is 18.2 Å². The average Bonchev–Trinajstić information content (AvgIpc) is 2.40. The van der Waals surface area contributed by atoms with Crippen molar-refractivity contribution in [2.75, 3.05) is 44.4 Å². The van der Waals surface area contributed by atoms with E-state index in [9.17, 15) is 10.1 Å². The van der Waals surface area contributed by atoms with Crippen molar-refractivity contribution in [3.05, 3.63) is 28.3 Å². The van der Waals surface area contributed by atoms with Gasteiger partial charge < -0.3 is 15.5 Å². The van der Waals surface area contributed by atoms with Crippen LogP contribution in [0.5, 0.6) is 0 Å². The molecule has 1 aromatic carbocycles. The Kier molecular flexibility index (Phi) is 6.79. The average molecular weight is 280 g/mol. The summed E-state index contributed by atoms with van der Waals surface area (Å²) in [4.78, 5) is 13.0. The van der Waals surface area contributed by atoms with Gasteiger partial charge in [0.25, 0.3) is 0 Å². The van der Waals surface area contributed by atoms with Gasteiger partial charge in [-0.3, -0.25) is 10.1 Å². The van der Waals surface area contributed by atoms with Crippen LogP contribution in [0.1, 0.15) is 19.8 Å². The number of nitrogens with zero attached hydrogens (tertiary/aromatic N) is 2. The molecule has 0 saturated heterocycles. The lowest BCUT2D eigenvalue weighted by atomic mass is 10.2. The second-order valence-corrected chi connectivity index (χ2v) is 4.97. The molecule has 0 aromatic heterocycles. The molecule has 6 heteroatoms. The van der Waals surface area contributed by atoms with Gasteiger partial charge in [0.05, 0.1) is 4.92 Å². The SMILES string of the molecule is CCCNc1cccc(NCCCN(C)C)c1[N+](=O)[O-]. The zero-order valence-corrected chi connectivity index (χ0v) is 12.5. The Hall–Kier alpha value is -1.82. The van der Waals surface area contributed by atoms with Crippen LogP contribution >= 0.6 is 0 Å². The second kappa shape index (κ2) is 8.37. The highest BCUT2D eigenvalue weighted by Crippen LogP contribution is 2.32. The molecule has 0 aliphatic carbocycles. The van der Waals surface area contributed by atoms with E-state index in [0.717, 1.165) is 32.5 Å². The van der Waals surface area contributed by atoms with E-state index in [4.69, 9.17) is 0 Å². The molecule has 0 radical (unpaired) electrons. The summed E-state index contributed by atoms with van der Waals surface area (Å²) in [5.41, 5.74) is 1.29. The van der Waals surface area contributed by atoms with Crippen molar-refractivity contribution in [1.29, 1.82) is 0 Å². The summed E-state index contributed by atoms with van der Waals surface area (Å²) >= 11 is 0. The molecule has 0 heterocycles. The molecular formula is C14H24N4O2. The van der Waals surface area contributed by atoms with E-state index >= 15 is 0 Å². The molecule has 0 spiro atoms. The van der Waals surface area contributed by atoms with Crippen molar-refractivity contribution >= 4 is 17.1 Å². The first-order chi connectivity index (χ1) is 9.56. The third kappa shape index (κ3) is 5.05. The van der Waals surface area contributed by atoms with Gasteiger partial charge >= 0.3 is 5.69 Å². The van der Waals surface area contributed by atoms with Crippen LogP contribution in [0.4, 0.5) is 17.1 Å².